The van der Waals surface area contributed by atoms with E-state index in [1.165, 1.54) is 14.2 Å². The molecule has 0 aliphatic carbocycles. The second-order valence-corrected chi connectivity index (χ2v) is 8.37. The van der Waals surface area contributed by atoms with E-state index in [0.29, 0.717) is 6.42 Å². The highest BCUT2D eigenvalue weighted by Crippen LogP contribution is 2.12. The summed E-state index contributed by atoms with van der Waals surface area (Å²) in [5.74, 6) is -1.30. The van der Waals surface area contributed by atoms with Crippen LogP contribution in [0, 0.1) is 0 Å². The molecule has 0 aromatic carbocycles. The normalized spacial score (nSPS) is 13.5. The fraction of sp³-hybridized carbons (Fsp3) is 0.789. The van der Waals surface area contributed by atoms with E-state index in [0.717, 1.165) is 0 Å². The summed E-state index contributed by atoms with van der Waals surface area (Å²) >= 11 is 0. The van der Waals surface area contributed by atoms with Crippen LogP contribution >= 0.6 is 0 Å². The number of rotatable bonds is 8. The molecule has 10 nitrogen and oxygen atoms in total. The first-order valence-electron chi connectivity index (χ1n) is 9.33. The summed E-state index contributed by atoms with van der Waals surface area (Å²) in [6.07, 6.45) is -0.899. The maximum absolute atomic E-state index is 11.9. The predicted molar refractivity (Wildman–Crippen MR) is 104 cm³/mol. The summed E-state index contributed by atoms with van der Waals surface area (Å²) in [4.78, 5) is 47.7. The van der Waals surface area contributed by atoms with Crippen molar-refractivity contribution in [2.24, 2.45) is 0 Å². The van der Waals surface area contributed by atoms with E-state index in [9.17, 15) is 19.2 Å². The van der Waals surface area contributed by atoms with Gasteiger partial charge in [0, 0.05) is 0 Å². The zero-order valence-corrected chi connectivity index (χ0v) is 18.5. The molecule has 168 valence electrons. The maximum Gasteiger partial charge on any atom is 0.408 e. The first-order chi connectivity index (χ1) is 13.2. The molecule has 2 N–H and O–H groups in total. The van der Waals surface area contributed by atoms with Crippen molar-refractivity contribution in [3.8, 4) is 0 Å². The number of carbonyl (C=O) groups excluding carboxylic acids is 4. The summed E-state index contributed by atoms with van der Waals surface area (Å²) in [6.45, 7) is 10.2. The number of esters is 2. The molecule has 0 aliphatic heterocycles. The summed E-state index contributed by atoms with van der Waals surface area (Å²) in [7, 11) is 2.40. The Hall–Kier alpha value is -2.52. The lowest BCUT2D eigenvalue weighted by Gasteiger charge is -2.24. The smallest absolute Gasteiger partial charge is 0.408 e. The quantitative estimate of drug-likeness (QED) is 0.454. The van der Waals surface area contributed by atoms with E-state index >= 15 is 0 Å². The highest BCUT2D eigenvalue weighted by Gasteiger charge is 2.28. The van der Waals surface area contributed by atoms with Crippen LogP contribution in [0.2, 0.25) is 0 Å². The number of methoxy groups -OCH3 is 2. The number of hydrogen-bond acceptors (Lipinski definition) is 8. The maximum atomic E-state index is 11.9. The molecular weight excluding hydrogens is 384 g/mol. The second kappa shape index (κ2) is 11.5. The van der Waals surface area contributed by atoms with Gasteiger partial charge in [-0.2, -0.15) is 0 Å². The van der Waals surface area contributed by atoms with Crippen LogP contribution in [0.3, 0.4) is 0 Å². The van der Waals surface area contributed by atoms with Gasteiger partial charge in [-0.05, 0) is 60.8 Å². The van der Waals surface area contributed by atoms with Crippen LogP contribution in [0.1, 0.15) is 60.8 Å². The van der Waals surface area contributed by atoms with Crippen molar-refractivity contribution in [2.45, 2.75) is 84.1 Å². The third kappa shape index (κ3) is 12.5. The topological polar surface area (TPSA) is 129 Å². The Morgan fingerprint density at radius 1 is 0.690 bits per heavy atom. The summed E-state index contributed by atoms with van der Waals surface area (Å²) < 4.78 is 19.7. The van der Waals surface area contributed by atoms with Gasteiger partial charge >= 0.3 is 24.1 Å². The first kappa shape index (κ1) is 26.5. The molecule has 0 fully saturated rings. The van der Waals surface area contributed by atoms with Crippen molar-refractivity contribution < 1.29 is 38.1 Å². The molecule has 2 atom stereocenters. The molecule has 0 aliphatic rings. The molecule has 0 aromatic rings. The number of nitrogens with one attached hydrogen (secondary N) is 2. The number of alkyl carbamates (subject to hydrolysis) is 2. The Morgan fingerprint density at radius 2 is 1.00 bits per heavy atom. The zero-order valence-electron chi connectivity index (χ0n) is 18.5. The Bertz CT molecular complexity index is 528. The minimum Gasteiger partial charge on any atom is -0.467 e. The van der Waals surface area contributed by atoms with Crippen LogP contribution < -0.4 is 10.6 Å². The predicted octanol–water partition coefficient (Wildman–Crippen LogP) is 2.29. The van der Waals surface area contributed by atoms with E-state index in [-0.39, 0.29) is 12.8 Å². The SMILES string of the molecule is COC(=O)C(CCCC(NC(=O)OC(C)(C)C)C(=O)OC)NC(=O)OC(C)(C)C. The lowest BCUT2D eigenvalue weighted by Crippen LogP contribution is -2.45. The van der Waals surface area contributed by atoms with Crippen LogP contribution in [0.15, 0.2) is 0 Å². The average Bonchev–Trinajstić information content (AvgIpc) is 2.55. The number of ether oxygens (including phenoxy) is 4. The average molecular weight is 418 g/mol. The van der Waals surface area contributed by atoms with Crippen molar-refractivity contribution in [2.75, 3.05) is 14.2 Å². The highest BCUT2D eigenvalue weighted by molar-refractivity contribution is 5.82. The van der Waals surface area contributed by atoms with Crippen molar-refractivity contribution in [3.05, 3.63) is 0 Å². The van der Waals surface area contributed by atoms with Gasteiger partial charge in [0.05, 0.1) is 14.2 Å². The number of hydrogen-bond donors (Lipinski definition) is 2. The standard InChI is InChI=1S/C19H34N2O8/c1-18(2,3)28-16(24)20-12(14(22)26-7)10-9-11-13(15(23)27-8)21-17(25)29-19(4,5)6/h12-13H,9-11H2,1-8H3,(H,20,24)(H,21,25). The lowest BCUT2D eigenvalue weighted by molar-refractivity contribution is -0.143. The molecule has 29 heavy (non-hydrogen) atoms. The van der Waals surface area contributed by atoms with Crippen LogP contribution in [-0.4, -0.2) is 61.6 Å². The summed E-state index contributed by atoms with van der Waals surface area (Å²) in [6, 6.07) is -1.93. The van der Waals surface area contributed by atoms with Gasteiger partial charge in [0.1, 0.15) is 23.3 Å². The van der Waals surface area contributed by atoms with Gasteiger partial charge in [-0.25, -0.2) is 19.2 Å². The first-order valence-corrected chi connectivity index (χ1v) is 9.33. The molecule has 0 bridgehead atoms. The largest absolute Gasteiger partial charge is 0.467 e. The minimum atomic E-state index is -0.963. The van der Waals surface area contributed by atoms with Crippen molar-refractivity contribution >= 4 is 24.1 Å². The Morgan fingerprint density at radius 3 is 1.24 bits per heavy atom. The van der Waals surface area contributed by atoms with E-state index in [2.05, 4.69) is 10.6 Å². The van der Waals surface area contributed by atoms with E-state index in [1.807, 2.05) is 0 Å². The molecule has 2 unspecified atom stereocenters. The monoisotopic (exact) mass is 418 g/mol. The highest BCUT2D eigenvalue weighted by atomic mass is 16.6. The zero-order chi connectivity index (χ0) is 22.8. The number of amides is 2. The molecule has 0 radical (unpaired) electrons. The third-order valence-corrected chi connectivity index (χ3v) is 3.34. The van der Waals surface area contributed by atoms with Crippen LogP contribution in [-0.2, 0) is 28.5 Å². The molecule has 2 amide bonds. The van der Waals surface area contributed by atoms with Gasteiger partial charge in [0.2, 0.25) is 0 Å². The third-order valence-electron chi connectivity index (χ3n) is 3.34. The Kier molecular flexibility index (Phi) is 10.5. The van der Waals surface area contributed by atoms with Gasteiger partial charge < -0.3 is 29.6 Å². The van der Waals surface area contributed by atoms with Crippen molar-refractivity contribution in [1.29, 1.82) is 0 Å². The summed E-state index contributed by atoms with van der Waals surface area (Å²) in [5, 5.41) is 4.90. The fourth-order valence-corrected chi connectivity index (χ4v) is 2.21. The van der Waals surface area contributed by atoms with E-state index in [1.54, 1.807) is 41.5 Å². The molecule has 0 aromatic heterocycles. The van der Waals surface area contributed by atoms with Crippen LogP contribution in [0.5, 0.6) is 0 Å². The molecule has 0 saturated carbocycles. The molecule has 0 spiro atoms. The molecule has 0 rings (SSSR count). The summed E-state index contributed by atoms with van der Waals surface area (Å²) in [5.41, 5.74) is -1.45. The van der Waals surface area contributed by atoms with Gasteiger partial charge in [-0.1, -0.05) is 0 Å². The van der Waals surface area contributed by atoms with Crippen molar-refractivity contribution in [3.63, 3.8) is 0 Å². The second-order valence-electron chi connectivity index (χ2n) is 8.37. The molecule has 0 heterocycles. The molecule has 10 heteroatoms. The van der Waals surface area contributed by atoms with E-state index in [4.69, 9.17) is 18.9 Å². The number of carbonyl (C=O) groups is 4. The Balaban J connectivity index is 4.89. The van der Waals surface area contributed by atoms with E-state index < -0.39 is 47.4 Å². The van der Waals surface area contributed by atoms with Gasteiger partial charge in [-0.15, -0.1) is 0 Å². The van der Waals surface area contributed by atoms with Gasteiger partial charge in [0.25, 0.3) is 0 Å². The van der Waals surface area contributed by atoms with Crippen molar-refractivity contribution in [1.82, 2.24) is 10.6 Å². The van der Waals surface area contributed by atoms with Gasteiger partial charge in [0.15, 0.2) is 0 Å². The molecular formula is C19H34N2O8. The van der Waals surface area contributed by atoms with Crippen LogP contribution in [0.4, 0.5) is 9.59 Å². The van der Waals surface area contributed by atoms with Gasteiger partial charge in [-0.3, -0.25) is 0 Å². The fourth-order valence-electron chi connectivity index (χ4n) is 2.21. The lowest BCUT2D eigenvalue weighted by atomic mass is 10.1. The Labute approximate surface area is 172 Å². The van der Waals surface area contributed by atoms with Crippen LogP contribution in [0.25, 0.3) is 0 Å². The minimum absolute atomic E-state index is 0.162. The molecule has 0 saturated heterocycles.